The summed E-state index contributed by atoms with van der Waals surface area (Å²) in [7, 11) is 0. The smallest absolute Gasteiger partial charge is 0.00653 e. The third kappa shape index (κ3) is 1.92. The molecule has 0 saturated carbocycles. The molecule has 0 fully saturated rings. The lowest BCUT2D eigenvalue weighted by Gasteiger charge is -2.25. The molecule has 0 nitrogen and oxygen atoms in total. The van der Waals surface area contributed by atoms with Crippen molar-refractivity contribution in [2.75, 3.05) is 0 Å². The van der Waals surface area contributed by atoms with Crippen LogP contribution in [0.15, 0.2) is 48.5 Å². The molecule has 0 aliphatic heterocycles. The Balaban J connectivity index is 2.59. The zero-order valence-electron chi connectivity index (χ0n) is 12.1. The predicted molar refractivity (Wildman–Crippen MR) is 84.9 cm³/mol. The van der Waals surface area contributed by atoms with E-state index in [1.807, 2.05) is 0 Å². The lowest BCUT2D eigenvalue weighted by atomic mass is 9.79. The summed E-state index contributed by atoms with van der Waals surface area (Å²) in [6.45, 7) is 9.13. The molecule has 3 aromatic carbocycles. The lowest BCUT2D eigenvalue weighted by Crippen LogP contribution is -2.13. The summed E-state index contributed by atoms with van der Waals surface area (Å²) >= 11 is 0. The first kappa shape index (κ1) is 12.2. The van der Waals surface area contributed by atoms with Crippen molar-refractivity contribution in [3.63, 3.8) is 0 Å². The third-order valence-corrected chi connectivity index (χ3v) is 3.87. The largest absolute Gasteiger partial charge is 0.0616 e. The SMILES string of the molecule is Cc1ccc2ccc3ccccc3c2c1C(C)(C)C. The van der Waals surface area contributed by atoms with Crippen LogP contribution in [0.4, 0.5) is 0 Å². The topological polar surface area (TPSA) is 0 Å². The third-order valence-electron chi connectivity index (χ3n) is 3.87. The molecule has 19 heavy (non-hydrogen) atoms. The fourth-order valence-corrected chi connectivity index (χ4v) is 3.17. The molecule has 0 bridgehead atoms. The maximum absolute atomic E-state index is 2.30. The number of hydrogen-bond acceptors (Lipinski definition) is 0. The van der Waals surface area contributed by atoms with Gasteiger partial charge >= 0.3 is 0 Å². The minimum Gasteiger partial charge on any atom is -0.0616 e. The molecule has 96 valence electrons. The van der Waals surface area contributed by atoms with Crippen LogP contribution in [0.1, 0.15) is 31.9 Å². The Bertz CT molecular complexity index is 758. The molecule has 3 aromatic rings. The minimum atomic E-state index is 0.160. The summed E-state index contributed by atoms with van der Waals surface area (Å²) in [6.07, 6.45) is 0. The van der Waals surface area contributed by atoms with Crippen molar-refractivity contribution in [2.24, 2.45) is 0 Å². The van der Waals surface area contributed by atoms with Crippen LogP contribution in [-0.4, -0.2) is 0 Å². The molecule has 0 spiro atoms. The summed E-state index contributed by atoms with van der Waals surface area (Å²) in [4.78, 5) is 0. The fourth-order valence-electron chi connectivity index (χ4n) is 3.17. The Morgan fingerprint density at radius 3 is 2.11 bits per heavy atom. The van der Waals surface area contributed by atoms with Gasteiger partial charge in [0.25, 0.3) is 0 Å². The van der Waals surface area contributed by atoms with Gasteiger partial charge in [-0.15, -0.1) is 0 Å². The predicted octanol–water partition coefficient (Wildman–Crippen LogP) is 5.60. The van der Waals surface area contributed by atoms with Gasteiger partial charge in [0.2, 0.25) is 0 Å². The van der Waals surface area contributed by atoms with Gasteiger partial charge in [0, 0.05) is 0 Å². The van der Waals surface area contributed by atoms with E-state index in [-0.39, 0.29) is 5.41 Å². The molecule has 0 heterocycles. The summed E-state index contributed by atoms with van der Waals surface area (Å²) < 4.78 is 0. The maximum atomic E-state index is 2.30. The van der Waals surface area contributed by atoms with Crippen LogP contribution >= 0.6 is 0 Å². The summed E-state index contributed by atoms with van der Waals surface area (Å²) in [5.74, 6) is 0. The Hall–Kier alpha value is -1.82. The molecular formula is C19H20. The Labute approximate surface area is 115 Å². The van der Waals surface area contributed by atoms with Crippen LogP contribution < -0.4 is 0 Å². The first-order valence-corrected chi connectivity index (χ1v) is 6.90. The van der Waals surface area contributed by atoms with Crippen molar-refractivity contribution in [2.45, 2.75) is 33.1 Å². The molecule has 0 atom stereocenters. The van der Waals surface area contributed by atoms with E-state index >= 15 is 0 Å². The lowest BCUT2D eigenvalue weighted by molar-refractivity contribution is 0.592. The van der Waals surface area contributed by atoms with Gasteiger partial charge in [0.15, 0.2) is 0 Å². The standard InChI is InChI=1S/C19H20/c1-13-9-10-15-12-11-14-7-5-6-8-16(14)17(15)18(13)19(2,3)4/h5-12H,1-4H3. The second-order valence-corrected chi connectivity index (χ2v) is 6.39. The van der Waals surface area contributed by atoms with Gasteiger partial charge in [-0.2, -0.15) is 0 Å². The van der Waals surface area contributed by atoms with E-state index < -0.39 is 0 Å². The number of hydrogen-bond donors (Lipinski definition) is 0. The molecule has 3 rings (SSSR count). The molecule has 0 aliphatic rings. The molecule has 0 N–H and O–H groups in total. The van der Waals surface area contributed by atoms with Crippen molar-refractivity contribution < 1.29 is 0 Å². The summed E-state index contributed by atoms with van der Waals surface area (Å²) in [5.41, 5.74) is 3.02. The zero-order chi connectivity index (χ0) is 13.6. The van der Waals surface area contributed by atoms with Gasteiger partial charge < -0.3 is 0 Å². The molecule has 0 unspecified atom stereocenters. The summed E-state index contributed by atoms with van der Waals surface area (Å²) in [5, 5.41) is 5.46. The van der Waals surface area contributed by atoms with Crippen LogP contribution in [0.5, 0.6) is 0 Å². The van der Waals surface area contributed by atoms with E-state index in [1.54, 1.807) is 0 Å². The first-order chi connectivity index (χ1) is 8.98. The Morgan fingerprint density at radius 1 is 0.737 bits per heavy atom. The van der Waals surface area contributed by atoms with E-state index in [0.717, 1.165) is 0 Å². The highest BCUT2D eigenvalue weighted by atomic mass is 14.2. The molecule has 0 saturated heterocycles. The Morgan fingerprint density at radius 2 is 1.37 bits per heavy atom. The number of rotatable bonds is 0. The average molecular weight is 248 g/mol. The normalized spacial score (nSPS) is 12.2. The molecule has 0 aromatic heterocycles. The second-order valence-electron chi connectivity index (χ2n) is 6.39. The van der Waals surface area contributed by atoms with Crippen molar-refractivity contribution in [1.82, 2.24) is 0 Å². The van der Waals surface area contributed by atoms with Crippen LogP contribution in [0.2, 0.25) is 0 Å². The van der Waals surface area contributed by atoms with Crippen molar-refractivity contribution >= 4 is 21.5 Å². The van der Waals surface area contributed by atoms with Gasteiger partial charge in [-0.1, -0.05) is 69.3 Å². The van der Waals surface area contributed by atoms with E-state index in [0.29, 0.717) is 0 Å². The van der Waals surface area contributed by atoms with E-state index in [1.165, 1.54) is 32.7 Å². The van der Waals surface area contributed by atoms with Crippen LogP contribution in [0.3, 0.4) is 0 Å². The zero-order valence-corrected chi connectivity index (χ0v) is 12.1. The van der Waals surface area contributed by atoms with Gasteiger partial charge in [-0.25, -0.2) is 0 Å². The molecule has 0 amide bonds. The highest BCUT2D eigenvalue weighted by Gasteiger charge is 2.20. The van der Waals surface area contributed by atoms with E-state index in [4.69, 9.17) is 0 Å². The van der Waals surface area contributed by atoms with Crippen molar-refractivity contribution in [3.8, 4) is 0 Å². The van der Waals surface area contributed by atoms with Crippen molar-refractivity contribution in [3.05, 3.63) is 59.7 Å². The van der Waals surface area contributed by atoms with Gasteiger partial charge in [0.05, 0.1) is 0 Å². The van der Waals surface area contributed by atoms with Gasteiger partial charge in [-0.05, 0) is 45.0 Å². The highest BCUT2D eigenvalue weighted by molar-refractivity contribution is 6.09. The van der Waals surface area contributed by atoms with E-state index in [2.05, 4.69) is 76.2 Å². The summed E-state index contributed by atoms with van der Waals surface area (Å²) in [6, 6.07) is 17.6. The maximum Gasteiger partial charge on any atom is -0.00653 e. The van der Waals surface area contributed by atoms with Crippen LogP contribution in [-0.2, 0) is 5.41 Å². The minimum absolute atomic E-state index is 0.160. The Kier molecular flexibility index (Phi) is 2.63. The molecule has 0 radical (unpaired) electrons. The molecule has 0 heteroatoms. The number of aryl methyl sites for hydroxylation is 1. The quantitative estimate of drug-likeness (QED) is 0.454. The highest BCUT2D eigenvalue weighted by Crippen LogP contribution is 2.36. The van der Waals surface area contributed by atoms with Crippen LogP contribution in [0.25, 0.3) is 21.5 Å². The van der Waals surface area contributed by atoms with Gasteiger partial charge in [0.1, 0.15) is 0 Å². The molecular weight excluding hydrogens is 228 g/mol. The fraction of sp³-hybridized carbons (Fsp3) is 0.263. The number of benzene rings is 3. The van der Waals surface area contributed by atoms with Gasteiger partial charge in [-0.3, -0.25) is 0 Å². The van der Waals surface area contributed by atoms with E-state index in [9.17, 15) is 0 Å². The monoisotopic (exact) mass is 248 g/mol. The number of fused-ring (bicyclic) bond motifs is 3. The average Bonchev–Trinajstić information content (AvgIpc) is 2.37. The van der Waals surface area contributed by atoms with Crippen LogP contribution in [0, 0.1) is 6.92 Å². The second kappa shape index (κ2) is 4.09. The van der Waals surface area contributed by atoms with Crippen molar-refractivity contribution in [1.29, 1.82) is 0 Å². The first-order valence-electron chi connectivity index (χ1n) is 6.90. The molecule has 0 aliphatic carbocycles.